The molecule has 0 spiro atoms. The van der Waals surface area contributed by atoms with Crippen LogP contribution in [0.4, 0.5) is 11.4 Å². The van der Waals surface area contributed by atoms with Gasteiger partial charge in [-0.05, 0) is 31.2 Å². The van der Waals surface area contributed by atoms with Gasteiger partial charge in [-0.2, -0.15) is 10.2 Å². The Balaban J connectivity index is 1.77. The molecule has 1 aliphatic rings. The Labute approximate surface area is 161 Å². The molecule has 142 valence electrons. The van der Waals surface area contributed by atoms with Gasteiger partial charge in [0.2, 0.25) is 0 Å². The van der Waals surface area contributed by atoms with Crippen LogP contribution in [0.3, 0.4) is 0 Å². The first-order valence-corrected chi connectivity index (χ1v) is 8.83. The highest BCUT2D eigenvalue weighted by Gasteiger charge is 2.32. The van der Waals surface area contributed by atoms with Gasteiger partial charge in [0, 0.05) is 42.4 Å². The topological polar surface area (TPSA) is 96.8 Å². The lowest BCUT2D eigenvalue weighted by Crippen LogP contribution is -2.19. The first-order chi connectivity index (χ1) is 13.4. The van der Waals surface area contributed by atoms with E-state index in [2.05, 4.69) is 5.10 Å². The SMILES string of the molecule is Cc1c(C2CC(c3cccc(O)c3)=NN2c2ccc([N+](=O)[O-])cc2)cnn1C. The highest BCUT2D eigenvalue weighted by molar-refractivity contribution is 6.03. The Morgan fingerprint density at radius 2 is 1.96 bits per heavy atom. The summed E-state index contributed by atoms with van der Waals surface area (Å²) in [5.41, 5.74) is 4.55. The first-order valence-electron chi connectivity index (χ1n) is 8.83. The van der Waals surface area contributed by atoms with Gasteiger partial charge in [-0.15, -0.1) is 0 Å². The quantitative estimate of drug-likeness (QED) is 0.552. The number of hydrogen-bond acceptors (Lipinski definition) is 6. The number of aromatic nitrogens is 2. The van der Waals surface area contributed by atoms with E-state index in [9.17, 15) is 15.2 Å². The fraction of sp³-hybridized carbons (Fsp3) is 0.200. The minimum absolute atomic E-state index is 0.0363. The van der Waals surface area contributed by atoms with Crippen LogP contribution in [-0.4, -0.2) is 25.5 Å². The smallest absolute Gasteiger partial charge is 0.269 e. The molecule has 1 aliphatic heterocycles. The molecule has 0 amide bonds. The molecule has 1 atom stereocenters. The highest BCUT2D eigenvalue weighted by Crippen LogP contribution is 2.38. The zero-order valence-electron chi connectivity index (χ0n) is 15.5. The van der Waals surface area contributed by atoms with Gasteiger partial charge in [-0.3, -0.25) is 19.8 Å². The molecule has 0 saturated heterocycles. The van der Waals surface area contributed by atoms with Gasteiger partial charge in [-0.1, -0.05) is 12.1 Å². The number of aromatic hydroxyl groups is 1. The number of nitro groups is 1. The molecule has 4 rings (SSSR count). The van der Waals surface area contributed by atoms with Gasteiger partial charge < -0.3 is 5.11 Å². The van der Waals surface area contributed by atoms with Gasteiger partial charge in [0.05, 0.1) is 28.6 Å². The van der Waals surface area contributed by atoms with Crippen molar-refractivity contribution in [2.24, 2.45) is 12.1 Å². The van der Waals surface area contributed by atoms with E-state index >= 15 is 0 Å². The zero-order valence-corrected chi connectivity index (χ0v) is 15.5. The van der Waals surface area contributed by atoms with E-state index in [1.54, 1.807) is 30.3 Å². The molecule has 1 aromatic heterocycles. The molecule has 0 radical (unpaired) electrons. The highest BCUT2D eigenvalue weighted by atomic mass is 16.6. The molecule has 0 bridgehead atoms. The molecular formula is C20H19N5O3. The van der Waals surface area contributed by atoms with Crippen molar-refractivity contribution in [2.45, 2.75) is 19.4 Å². The Morgan fingerprint density at radius 1 is 1.21 bits per heavy atom. The van der Waals surface area contributed by atoms with Gasteiger partial charge in [-0.25, -0.2) is 0 Å². The van der Waals surface area contributed by atoms with E-state index in [0.717, 1.165) is 28.2 Å². The van der Waals surface area contributed by atoms with Gasteiger partial charge in [0.15, 0.2) is 0 Å². The second-order valence-corrected chi connectivity index (χ2v) is 6.74. The van der Waals surface area contributed by atoms with Crippen molar-refractivity contribution in [1.82, 2.24) is 9.78 Å². The third-order valence-electron chi connectivity index (χ3n) is 5.05. The normalized spacial score (nSPS) is 16.3. The molecule has 8 heteroatoms. The molecular weight excluding hydrogens is 358 g/mol. The fourth-order valence-electron chi connectivity index (χ4n) is 3.42. The summed E-state index contributed by atoms with van der Waals surface area (Å²) in [6, 6.07) is 13.3. The number of phenols is 1. The van der Waals surface area contributed by atoms with E-state index in [1.165, 1.54) is 12.1 Å². The molecule has 2 aromatic carbocycles. The van der Waals surface area contributed by atoms with Crippen LogP contribution in [0.5, 0.6) is 5.75 Å². The first kappa shape index (κ1) is 17.7. The molecule has 8 nitrogen and oxygen atoms in total. The number of anilines is 1. The molecule has 2 heterocycles. The Hall–Kier alpha value is -3.68. The zero-order chi connectivity index (χ0) is 19.8. The van der Waals surface area contributed by atoms with E-state index < -0.39 is 4.92 Å². The van der Waals surface area contributed by atoms with Crippen LogP contribution in [0, 0.1) is 17.0 Å². The van der Waals surface area contributed by atoms with Crippen LogP contribution in [0.2, 0.25) is 0 Å². The van der Waals surface area contributed by atoms with Crippen LogP contribution in [0.1, 0.15) is 29.3 Å². The number of nitro benzene ring substituents is 1. The maximum atomic E-state index is 11.0. The van der Waals surface area contributed by atoms with E-state index in [1.807, 2.05) is 35.9 Å². The standard InChI is InChI=1S/C20H19N5O3/c1-13-18(12-21-23(13)2)20-11-19(14-4-3-5-17(26)10-14)22-24(20)15-6-8-16(9-7-15)25(27)28/h3-10,12,20,26H,11H2,1-2H3. The number of phenolic OH excluding ortho intramolecular Hbond substituents is 1. The lowest BCUT2D eigenvalue weighted by molar-refractivity contribution is -0.384. The van der Waals surface area contributed by atoms with Crippen molar-refractivity contribution < 1.29 is 10.0 Å². The molecule has 1 N–H and O–H groups in total. The molecule has 1 unspecified atom stereocenters. The maximum Gasteiger partial charge on any atom is 0.269 e. The summed E-state index contributed by atoms with van der Waals surface area (Å²) in [5.74, 6) is 0.183. The molecule has 0 fully saturated rings. The minimum atomic E-state index is -0.419. The number of aryl methyl sites for hydroxylation is 1. The van der Waals surface area contributed by atoms with Crippen molar-refractivity contribution in [3.05, 3.63) is 81.7 Å². The summed E-state index contributed by atoms with van der Waals surface area (Å²) in [6.07, 6.45) is 2.46. The summed E-state index contributed by atoms with van der Waals surface area (Å²) in [5, 5.41) is 31.8. The Kier molecular flexibility index (Phi) is 4.31. The van der Waals surface area contributed by atoms with Crippen molar-refractivity contribution in [2.75, 3.05) is 5.01 Å². The average Bonchev–Trinajstić information content (AvgIpc) is 3.26. The number of non-ortho nitro benzene ring substituents is 1. The van der Waals surface area contributed by atoms with Crippen molar-refractivity contribution in [1.29, 1.82) is 0 Å². The summed E-state index contributed by atoms with van der Waals surface area (Å²) in [6.45, 7) is 2.00. The molecule has 0 aliphatic carbocycles. The Morgan fingerprint density at radius 3 is 2.57 bits per heavy atom. The van der Waals surface area contributed by atoms with Crippen molar-refractivity contribution in [3.8, 4) is 5.75 Å². The monoisotopic (exact) mass is 377 g/mol. The molecule has 3 aromatic rings. The largest absolute Gasteiger partial charge is 0.508 e. The van der Waals surface area contributed by atoms with Crippen LogP contribution < -0.4 is 5.01 Å². The lowest BCUT2D eigenvalue weighted by atomic mass is 9.98. The second kappa shape index (κ2) is 6.80. The van der Waals surface area contributed by atoms with Crippen molar-refractivity contribution in [3.63, 3.8) is 0 Å². The molecule has 28 heavy (non-hydrogen) atoms. The number of rotatable bonds is 4. The predicted molar refractivity (Wildman–Crippen MR) is 106 cm³/mol. The van der Waals surface area contributed by atoms with Gasteiger partial charge in [0.1, 0.15) is 5.75 Å². The van der Waals surface area contributed by atoms with Crippen molar-refractivity contribution >= 4 is 17.1 Å². The third kappa shape index (κ3) is 3.09. The number of benzene rings is 2. The predicted octanol–water partition coefficient (Wildman–Crippen LogP) is 3.70. The van der Waals surface area contributed by atoms with Crippen LogP contribution >= 0.6 is 0 Å². The maximum absolute atomic E-state index is 11.0. The number of hydrogen-bond donors (Lipinski definition) is 1. The molecule has 0 saturated carbocycles. The van der Waals surface area contributed by atoms with Crippen LogP contribution in [-0.2, 0) is 7.05 Å². The van der Waals surface area contributed by atoms with E-state index in [4.69, 9.17) is 5.10 Å². The lowest BCUT2D eigenvalue weighted by Gasteiger charge is -2.23. The van der Waals surface area contributed by atoms with Gasteiger partial charge >= 0.3 is 0 Å². The fourth-order valence-corrected chi connectivity index (χ4v) is 3.42. The minimum Gasteiger partial charge on any atom is -0.508 e. The third-order valence-corrected chi connectivity index (χ3v) is 5.05. The van der Waals surface area contributed by atoms with Gasteiger partial charge in [0.25, 0.3) is 5.69 Å². The Bertz CT molecular complexity index is 1070. The summed E-state index contributed by atoms with van der Waals surface area (Å²) < 4.78 is 1.82. The van der Waals surface area contributed by atoms with Crippen LogP contribution in [0.15, 0.2) is 59.8 Å². The summed E-state index contributed by atoms with van der Waals surface area (Å²) >= 11 is 0. The number of nitrogens with zero attached hydrogens (tertiary/aromatic N) is 5. The second-order valence-electron chi connectivity index (χ2n) is 6.74. The summed E-state index contributed by atoms with van der Waals surface area (Å²) in [7, 11) is 1.89. The number of hydrazone groups is 1. The average molecular weight is 377 g/mol. The van der Waals surface area contributed by atoms with E-state index in [0.29, 0.717) is 6.42 Å². The van der Waals surface area contributed by atoms with Crippen LogP contribution in [0.25, 0.3) is 0 Å². The summed E-state index contributed by atoms with van der Waals surface area (Å²) in [4.78, 5) is 10.5. The van der Waals surface area contributed by atoms with E-state index in [-0.39, 0.29) is 17.5 Å².